The Morgan fingerprint density at radius 2 is 1.56 bits per heavy atom. The fraction of sp³-hybridized carbons (Fsp3) is 0.375. The van der Waals surface area contributed by atoms with Crippen molar-refractivity contribution >= 4 is 29.4 Å². The molecule has 0 atom stereocenters. The van der Waals surface area contributed by atoms with Crippen molar-refractivity contribution in [2.75, 3.05) is 13.2 Å². The van der Waals surface area contributed by atoms with Crippen LogP contribution in [0.25, 0.3) is 0 Å². The summed E-state index contributed by atoms with van der Waals surface area (Å²) in [7, 11) is 0. The summed E-state index contributed by atoms with van der Waals surface area (Å²) in [5, 5.41) is 0.658. The molecule has 0 aliphatic heterocycles. The number of esters is 1. The summed E-state index contributed by atoms with van der Waals surface area (Å²) in [6, 6.07) is 13.5. The first-order valence-corrected chi connectivity index (χ1v) is 10.9. The molecule has 2 N–H and O–H groups in total. The standard InChI is InChI=1S/C24H29ClN2O5/c1-17-14-20(15-18(2)24(17)25)32-16-22(29)27-26-21(28)11-6-12-23(30)31-13-7-10-19-8-4-3-5-9-19/h3-5,8-9,14-15H,6-7,10-13,16H2,1-2H3,(H,26,28)(H,27,29). The quantitative estimate of drug-likeness (QED) is 0.302. The molecule has 2 rings (SSSR count). The first-order chi connectivity index (χ1) is 15.3. The second kappa shape index (κ2) is 13.4. The lowest BCUT2D eigenvalue weighted by Gasteiger charge is -2.11. The number of aryl methyl sites for hydroxylation is 3. The summed E-state index contributed by atoms with van der Waals surface area (Å²) < 4.78 is 10.6. The van der Waals surface area contributed by atoms with Crippen LogP contribution in [0.3, 0.4) is 0 Å². The highest BCUT2D eigenvalue weighted by Crippen LogP contribution is 2.25. The van der Waals surface area contributed by atoms with Crippen molar-refractivity contribution in [3.63, 3.8) is 0 Å². The van der Waals surface area contributed by atoms with Crippen LogP contribution in [0.2, 0.25) is 5.02 Å². The van der Waals surface area contributed by atoms with Crippen LogP contribution in [-0.4, -0.2) is 31.0 Å². The highest BCUT2D eigenvalue weighted by Gasteiger charge is 2.09. The number of amides is 2. The van der Waals surface area contributed by atoms with Gasteiger partial charge in [-0.2, -0.15) is 0 Å². The molecule has 0 bridgehead atoms. The maximum absolute atomic E-state index is 11.8. The molecule has 0 aliphatic rings. The molecule has 8 heteroatoms. The monoisotopic (exact) mass is 460 g/mol. The van der Waals surface area contributed by atoms with Crippen molar-refractivity contribution in [3.05, 3.63) is 64.2 Å². The fourth-order valence-corrected chi connectivity index (χ4v) is 3.06. The van der Waals surface area contributed by atoms with Gasteiger partial charge in [0.1, 0.15) is 5.75 Å². The van der Waals surface area contributed by atoms with Crippen molar-refractivity contribution < 1.29 is 23.9 Å². The molecule has 2 amide bonds. The number of carbonyl (C=O) groups excluding carboxylic acids is 3. The molecule has 0 radical (unpaired) electrons. The first kappa shape index (κ1) is 25.2. The van der Waals surface area contributed by atoms with E-state index in [1.165, 1.54) is 5.56 Å². The van der Waals surface area contributed by atoms with Crippen molar-refractivity contribution in [1.29, 1.82) is 0 Å². The average Bonchev–Trinajstić information content (AvgIpc) is 2.78. The molecule has 0 saturated carbocycles. The van der Waals surface area contributed by atoms with Gasteiger partial charge in [0.25, 0.3) is 5.91 Å². The van der Waals surface area contributed by atoms with Gasteiger partial charge in [-0.3, -0.25) is 25.2 Å². The zero-order valence-electron chi connectivity index (χ0n) is 18.4. The van der Waals surface area contributed by atoms with Crippen LogP contribution in [-0.2, 0) is 25.5 Å². The van der Waals surface area contributed by atoms with E-state index in [0.717, 1.165) is 24.0 Å². The van der Waals surface area contributed by atoms with Gasteiger partial charge in [-0.05, 0) is 61.9 Å². The lowest BCUT2D eigenvalue weighted by Crippen LogP contribution is -2.43. The maximum atomic E-state index is 11.8. The van der Waals surface area contributed by atoms with E-state index in [9.17, 15) is 14.4 Å². The molecule has 7 nitrogen and oxygen atoms in total. The van der Waals surface area contributed by atoms with E-state index in [1.807, 2.05) is 44.2 Å². The molecule has 172 valence electrons. The predicted octanol–water partition coefficient (Wildman–Crippen LogP) is 3.83. The van der Waals surface area contributed by atoms with Crippen LogP contribution in [0.15, 0.2) is 42.5 Å². The van der Waals surface area contributed by atoms with Crippen LogP contribution < -0.4 is 15.6 Å². The van der Waals surface area contributed by atoms with Crippen molar-refractivity contribution in [3.8, 4) is 5.75 Å². The Kier molecular flexibility index (Phi) is 10.5. The van der Waals surface area contributed by atoms with E-state index in [4.69, 9.17) is 21.1 Å². The zero-order valence-corrected chi connectivity index (χ0v) is 19.2. The Morgan fingerprint density at radius 1 is 0.906 bits per heavy atom. The van der Waals surface area contributed by atoms with Gasteiger partial charge < -0.3 is 9.47 Å². The van der Waals surface area contributed by atoms with E-state index in [-0.39, 0.29) is 25.4 Å². The largest absolute Gasteiger partial charge is 0.484 e. The van der Waals surface area contributed by atoms with Crippen LogP contribution in [0.4, 0.5) is 0 Å². The second-order valence-corrected chi connectivity index (χ2v) is 7.80. The SMILES string of the molecule is Cc1cc(OCC(=O)NNC(=O)CCCC(=O)OCCCc2ccccc2)cc(C)c1Cl. The van der Waals surface area contributed by atoms with E-state index < -0.39 is 11.8 Å². The summed E-state index contributed by atoms with van der Waals surface area (Å²) in [5.41, 5.74) is 7.49. The molecule has 0 saturated heterocycles. The molecular weight excluding hydrogens is 432 g/mol. The Bertz CT molecular complexity index is 895. The minimum Gasteiger partial charge on any atom is -0.484 e. The molecule has 0 aliphatic carbocycles. The summed E-state index contributed by atoms with van der Waals surface area (Å²) >= 11 is 6.10. The van der Waals surface area contributed by atoms with Crippen LogP contribution in [0.5, 0.6) is 5.75 Å². The number of ether oxygens (including phenoxy) is 2. The summed E-state index contributed by atoms with van der Waals surface area (Å²) in [5.74, 6) is -0.708. The van der Waals surface area contributed by atoms with Crippen LogP contribution in [0.1, 0.15) is 42.4 Å². The second-order valence-electron chi connectivity index (χ2n) is 7.42. The lowest BCUT2D eigenvalue weighted by atomic mass is 10.1. The summed E-state index contributed by atoms with van der Waals surface area (Å²) in [6.07, 6.45) is 2.16. The van der Waals surface area contributed by atoms with E-state index in [0.29, 0.717) is 23.8 Å². The van der Waals surface area contributed by atoms with Crippen molar-refractivity contribution in [2.24, 2.45) is 0 Å². The Hall–Kier alpha value is -3.06. The Labute approximate surface area is 193 Å². The number of hydrogen-bond acceptors (Lipinski definition) is 5. The number of rotatable bonds is 11. The van der Waals surface area contributed by atoms with Gasteiger partial charge >= 0.3 is 5.97 Å². The maximum Gasteiger partial charge on any atom is 0.305 e. The molecule has 0 unspecified atom stereocenters. The third-order valence-corrected chi connectivity index (χ3v) is 5.22. The van der Waals surface area contributed by atoms with E-state index in [2.05, 4.69) is 10.9 Å². The summed E-state index contributed by atoms with van der Waals surface area (Å²) in [4.78, 5) is 35.4. The third-order valence-electron chi connectivity index (χ3n) is 4.62. The smallest absolute Gasteiger partial charge is 0.305 e. The molecule has 2 aromatic rings. The predicted molar refractivity (Wildman–Crippen MR) is 122 cm³/mol. The van der Waals surface area contributed by atoms with E-state index >= 15 is 0 Å². The highest BCUT2D eigenvalue weighted by atomic mass is 35.5. The van der Waals surface area contributed by atoms with Gasteiger partial charge in [0.2, 0.25) is 5.91 Å². The lowest BCUT2D eigenvalue weighted by molar-refractivity contribution is -0.144. The Balaban J connectivity index is 1.53. The van der Waals surface area contributed by atoms with Gasteiger partial charge in [0.15, 0.2) is 6.61 Å². The topological polar surface area (TPSA) is 93.7 Å². The molecule has 0 spiro atoms. The zero-order chi connectivity index (χ0) is 23.3. The van der Waals surface area contributed by atoms with Gasteiger partial charge in [-0.15, -0.1) is 0 Å². The Morgan fingerprint density at radius 3 is 2.25 bits per heavy atom. The molecule has 2 aromatic carbocycles. The van der Waals surface area contributed by atoms with Gasteiger partial charge in [0, 0.05) is 17.9 Å². The number of nitrogens with one attached hydrogen (secondary N) is 2. The number of hydrazine groups is 1. The minimum atomic E-state index is -0.499. The average molecular weight is 461 g/mol. The highest BCUT2D eigenvalue weighted by molar-refractivity contribution is 6.32. The molecule has 0 fully saturated rings. The molecular formula is C24H29ClN2O5. The van der Waals surface area contributed by atoms with Gasteiger partial charge in [-0.25, -0.2) is 0 Å². The normalized spacial score (nSPS) is 10.3. The van der Waals surface area contributed by atoms with E-state index in [1.54, 1.807) is 12.1 Å². The molecule has 0 heterocycles. The number of hydrogen-bond donors (Lipinski definition) is 2. The fourth-order valence-electron chi connectivity index (χ4n) is 2.95. The number of carbonyl (C=O) groups is 3. The van der Waals surface area contributed by atoms with Crippen LogP contribution in [0, 0.1) is 13.8 Å². The van der Waals surface area contributed by atoms with Crippen LogP contribution >= 0.6 is 11.6 Å². The minimum absolute atomic E-state index is 0.0931. The number of halogens is 1. The molecule has 0 aromatic heterocycles. The van der Waals surface area contributed by atoms with Gasteiger partial charge in [-0.1, -0.05) is 41.9 Å². The van der Waals surface area contributed by atoms with Crippen molar-refractivity contribution in [1.82, 2.24) is 10.9 Å². The van der Waals surface area contributed by atoms with Gasteiger partial charge in [0.05, 0.1) is 6.61 Å². The first-order valence-electron chi connectivity index (χ1n) is 10.5. The molecule has 32 heavy (non-hydrogen) atoms. The van der Waals surface area contributed by atoms with Crippen molar-refractivity contribution in [2.45, 2.75) is 46.0 Å². The number of benzene rings is 2. The summed E-state index contributed by atoms with van der Waals surface area (Å²) in [6.45, 7) is 3.80. The third kappa shape index (κ3) is 9.39.